The molecule has 22 heavy (non-hydrogen) atoms. The zero-order valence-corrected chi connectivity index (χ0v) is 11.9. The molecule has 0 fully saturated rings. The third-order valence-electron chi connectivity index (χ3n) is 3.90. The van der Waals surface area contributed by atoms with Crippen molar-refractivity contribution in [3.05, 3.63) is 33.2 Å². The molecule has 114 valence electrons. The lowest BCUT2D eigenvalue weighted by Crippen LogP contribution is -2.11. The van der Waals surface area contributed by atoms with Crippen LogP contribution in [0.1, 0.15) is 23.2 Å². The summed E-state index contributed by atoms with van der Waals surface area (Å²) in [5.74, 6) is -0.324. The van der Waals surface area contributed by atoms with Crippen LogP contribution in [0.2, 0.25) is 0 Å². The molecule has 0 aliphatic heterocycles. The quantitative estimate of drug-likeness (QED) is 0.666. The number of H-pyrrole nitrogens is 1. The number of aromatic amines is 1. The number of aromatic nitrogens is 2. The third-order valence-corrected chi connectivity index (χ3v) is 5.00. The molecule has 0 spiro atoms. The van der Waals surface area contributed by atoms with Crippen molar-refractivity contribution in [1.29, 1.82) is 0 Å². The van der Waals surface area contributed by atoms with Gasteiger partial charge in [0.15, 0.2) is 0 Å². The average molecular weight is 326 g/mol. The van der Waals surface area contributed by atoms with Crippen LogP contribution in [0.3, 0.4) is 0 Å². The lowest BCUT2D eigenvalue weighted by molar-refractivity contribution is -0.136. The second-order valence-electron chi connectivity index (χ2n) is 5.27. The number of fused-ring (bicyclic) bond motifs is 4. The van der Waals surface area contributed by atoms with Crippen LogP contribution in [0, 0.1) is 0 Å². The number of pyridine rings is 2. The van der Waals surface area contributed by atoms with Gasteiger partial charge in [-0.2, -0.15) is 13.2 Å². The van der Waals surface area contributed by atoms with Crippen LogP contribution in [0.15, 0.2) is 10.9 Å². The Kier molecular flexibility index (Phi) is 2.60. The molecule has 0 amide bonds. The molecule has 0 atom stereocenters. The molecule has 0 radical (unpaired) electrons. The molecule has 1 aliphatic rings. The molecule has 4 nitrogen and oxygen atoms in total. The molecule has 3 aromatic heterocycles. The van der Waals surface area contributed by atoms with E-state index in [9.17, 15) is 23.1 Å². The van der Waals surface area contributed by atoms with Crippen molar-refractivity contribution in [2.45, 2.75) is 25.4 Å². The number of aryl methyl sites for hydroxylation is 1. The van der Waals surface area contributed by atoms with Gasteiger partial charge in [0.25, 0.3) is 5.56 Å². The maximum Gasteiger partial charge on any atom is 0.417 e. The second kappa shape index (κ2) is 4.22. The highest BCUT2D eigenvalue weighted by molar-refractivity contribution is 7.25. The molecular weight excluding hydrogens is 317 g/mol. The Labute approximate surface area is 125 Å². The van der Waals surface area contributed by atoms with E-state index in [1.807, 2.05) is 0 Å². The fourth-order valence-electron chi connectivity index (χ4n) is 3.09. The Bertz CT molecular complexity index is 988. The normalized spacial score (nSPS) is 14.9. The van der Waals surface area contributed by atoms with E-state index in [1.165, 1.54) is 0 Å². The van der Waals surface area contributed by atoms with E-state index < -0.39 is 17.3 Å². The summed E-state index contributed by atoms with van der Waals surface area (Å²) < 4.78 is 41.0. The molecule has 1 aliphatic carbocycles. The molecule has 8 heteroatoms. The Morgan fingerprint density at radius 1 is 1.32 bits per heavy atom. The predicted octanol–water partition coefficient (Wildman–Crippen LogP) is 3.35. The van der Waals surface area contributed by atoms with E-state index in [0.29, 0.717) is 25.0 Å². The largest absolute Gasteiger partial charge is 0.506 e. The van der Waals surface area contributed by atoms with E-state index >= 15 is 0 Å². The van der Waals surface area contributed by atoms with Crippen LogP contribution < -0.4 is 5.56 Å². The van der Waals surface area contributed by atoms with Gasteiger partial charge in [0.05, 0.1) is 15.8 Å². The molecule has 0 saturated heterocycles. The highest BCUT2D eigenvalue weighted by Gasteiger charge is 2.39. The van der Waals surface area contributed by atoms with E-state index in [-0.39, 0.29) is 31.7 Å². The van der Waals surface area contributed by atoms with Crippen molar-refractivity contribution < 1.29 is 18.3 Å². The van der Waals surface area contributed by atoms with E-state index in [2.05, 4.69) is 9.97 Å². The highest BCUT2D eigenvalue weighted by Crippen LogP contribution is 2.46. The van der Waals surface area contributed by atoms with Gasteiger partial charge in [-0.25, -0.2) is 4.98 Å². The topological polar surface area (TPSA) is 66.0 Å². The molecular formula is C14H9F3N2O2S. The lowest BCUT2D eigenvalue weighted by Gasteiger charge is -2.13. The maximum absolute atomic E-state index is 13.6. The van der Waals surface area contributed by atoms with Crippen LogP contribution >= 0.6 is 11.3 Å². The fourth-order valence-corrected chi connectivity index (χ4v) is 4.16. The standard InChI is InChI=1S/C14H9F3N2O2S/c15-14(16,17)10-5-2-1-3-6(5)18-13-9(10)11-12(22-13)7(20)4-8(21)19-11/h4H,1-3H2,(H2,19,20,21). The van der Waals surface area contributed by atoms with Crippen LogP contribution in [0.4, 0.5) is 13.2 Å². The van der Waals surface area contributed by atoms with Gasteiger partial charge in [-0.15, -0.1) is 11.3 Å². The number of thiophene rings is 1. The lowest BCUT2D eigenvalue weighted by atomic mass is 10.0. The number of nitrogens with zero attached hydrogens (tertiary/aromatic N) is 1. The molecule has 4 rings (SSSR count). The summed E-state index contributed by atoms with van der Waals surface area (Å²) in [5, 5.41) is 9.73. The number of rotatable bonds is 0. The summed E-state index contributed by atoms with van der Waals surface area (Å²) >= 11 is 0.962. The van der Waals surface area contributed by atoms with Gasteiger partial charge in [-0.1, -0.05) is 0 Å². The Morgan fingerprint density at radius 2 is 2.09 bits per heavy atom. The zero-order valence-electron chi connectivity index (χ0n) is 11.0. The minimum Gasteiger partial charge on any atom is -0.506 e. The fraction of sp³-hybridized carbons (Fsp3) is 0.286. The van der Waals surface area contributed by atoms with Crippen molar-refractivity contribution >= 4 is 31.8 Å². The molecule has 0 unspecified atom stereocenters. The van der Waals surface area contributed by atoms with Crippen molar-refractivity contribution in [1.82, 2.24) is 9.97 Å². The maximum atomic E-state index is 13.6. The zero-order chi connectivity index (χ0) is 15.6. The van der Waals surface area contributed by atoms with Crippen molar-refractivity contribution in [2.24, 2.45) is 0 Å². The SMILES string of the molecule is O=c1cc(O)c2sc3nc4c(c(C(F)(F)F)c3c2[nH]1)CCC4. The van der Waals surface area contributed by atoms with Gasteiger partial charge < -0.3 is 10.1 Å². The van der Waals surface area contributed by atoms with E-state index in [0.717, 1.165) is 17.4 Å². The number of nitrogens with one attached hydrogen (secondary N) is 1. The first-order valence-corrected chi connectivity index (χ1v) is 7.45. The van der Waals surface area contributed by atoms with Gasteiger partial charge in [0.2, 0.25) is 0 Å². The summed E-state index contributed by atoms with van der Waals surface area (Å²) in [6, 6.07) is 0.957. The van der Waals surface area contributed by atoms with Crippen LogP contribution in [-0.2, 0) is 19.0 Å². The first-order valence-electron chi connectivity index (χ1n) is 6.63. The molecule has 3 aromatic rings. The summed E-state index contributed by atoms with van der Waals surface area (Å²) in [6.07, 6.45) is -3.05. The minimum atomic E-state index is -4.54. The first kappa shape index (κ1) is 13.6. The average Bonchev–Trinajstić information content (AvgIpc) is 2.99. The number of hydrogen-bond donors (Lipinski definition) is 2. The van der Waals surface area contributed by atoms with Gasteiger partial charge in [0.1, 0.15) is 10.6 Å². The van der Waals surface area contributed by atoms with Crippen LogP contribution in [0.5, 0.6) is 5.75 Å². The Balaban J connectivity index is 2.28. The van der Waals surface area contributed by atoms with Crippen molar-refractivity contribution in [3.63, 3.8) is 0 Å². The molecule has 3 heterocycles. The monoisotopic (exact) mass is 326 g/mol. The van der Waals surface area contributed by atoms with Gasteiger partial charge in [0, 0.05) is 17.1 Å². The van der Waals surface area contributed by atoms with Gasteiger partial charge >= 0.3 is 6.18 Å². The summed E-state index contributed by atoms with van der Waals surface area (Å²) in [4.78, 5) is 18.5. The van der Waals surface area contributed by atoms with E-state index in [4.69, 9.17) is 0 Å². The van der Waals surface area contributed by atoms with Gasteiger partial charge in [-0.3, -0.25) is 4.79 Å². The van der Waals surface area contributed by atoms with Crippen molar-refractivity contribution in [3.8, 4) is 5.75 Å². The minimum absolute atomic E-state index is 0.0134. The first-order chi connectivity index (χ1) is 10.4. The van der Waals surface area contributed by atoms with Crippen molar-refractivity contribution in [2.75, 3.05) is 0 Å². The molecule has 0 bridgehead atoms. The number of hydrogen-bond acceptors (Lipinski definition) is 4. The Hall–Kier alpha value is -2.09. The third kappa shape index (κ3) is 1.76. The second-order valence-corrected chi connectivity index (χ2v) is 6.27. The van der Waals surface area contributed by atoms with E-state index in [1.54, 1.807) is 0 Å². The van der Waals surface area contributed by atoms with Gasteiger partial charge in [-0.05, 0) is 24.8 Å². The Morgan fingerprint density at radius 3 is 2.82 bits per heavy atom. The summed E-state index contributed by atoms with van der Waals surface area (Å²) in [5.41, 5.74) is -0.674. The summed E-state index contributed by atoms with van der Waals surface area (Å²) in [7, 11) is 0. The highest BCUT2D eigenvalue weighted by atomic mass is 32.1. The number of aromatic hydroxyl groups is 1. The van der Waals surface area contributed by atoms with Crippen LogP contribution in [-0.4, -0.2) is 15.1 Å². The number of halogens is 3. The van der Waals surface area contributed by atoms with Crippen LogP contribution in [0.25, 0.3) is 20.4 Å². The predicted molar refractivity (Wildman–Crippen MR) is 76.4 cm³/mol. The summed E-state index contributed by atoms with van der Waals surface area (Å²) in [6.45, 7) is 0. The number of alkyl halides is 3. The smallest absolute Gasteiger partial charge is 0.417 e. The molecule has 2 N–H and O–H groups in total. The molecule has 0 aromatic carbocycles. The molecule has 0 saturated carbocycles.